The standard InChI is InChI=1S/C21H20ClFN4O3S/c22-19-8-6-13(31-19)5-7-18(28)17-9-12(23)10-27(17)21(30)25-15-11-26(20(24)29)16-4-2-1-3-14(15)16/h1-4,6,8,11-12,17H,5,7,9-10H2,(H2,24,29)(H,25,30)/t12-,17+/m1/s1. The summed E-state index contributed by atoms with van der Waals surface area (Å²) in [4.78, 5) is 39.6. The van der Waals surface area contributed by atoms with Crippen molar-refractivity contribution in [2.45, 2.75) is 31.5 Å². The minimum absolute atomic E-state index is 0.0273. The molecule has 10 heteroatoms. The SMILES string of the molecule is NC(=O)n1cc(NC(=O)N2C[C@H](F)C[C@H]2C(=O)CCc2ccc(Cl)s2)c2ccccc21. The number of nitrogens with one attached hydrogen (secondary N) is 1. The van der Waals surface area contributed by atoms with E-state index in [0.717, 1.165) is 4.88 Å². The van der Waals surface area contributed by atoms with Crippen LogP contribution in [-0.2, 0) is 11.2 Å². The highest BCUT2D eigenvalue weighted by Crippen LogP contribution is 2.29. The maximum Gasteiger partial charge on any atom is 0.323 e. The lowest BCUT2D eigenvalue weighted by atomic mass is 10.0. The maximum absolute atomic E-state index is 14.2. The topological polar surface area (TPSA) is 97.4 Å². The van der Waals surface area contributed by atoms with Gasteiger partial charge in [0, 0.05) is 29.3 Å². The summed E-state index contributed by atoms with van der Waals surface area (Å²) in [5.74, 6) is -0.195. The molecule has 3 heterocycles. The van der Waals surface area contributed by atoms with E-state index in [1.54, 1.807) is 30.3 Å². The van der Waals surface area contributed by atoms with Gasteiger partial charge < -0.3 is 16.0 Å². The number of nitrogens with two attached hydrogens (primary N) is 1. The molecule has 3 amide bonds. The van der Waals surface area contributed by atoms with E-state index in [-0.39, 0.29) is 25.2 Å². The number of urea groups is 1. The number of halogens is 2. The summed E-state index contributed by atoms with van der Waals surface area (Å²) in [6, 6.07) is 8.45. The zero-order chi connectivity index (χ0) is 22.1. The Morgan fingerprint density at radius 2 is 2.00 bits per heavy atom. The number of aromatic nitrogens is 1. The van der Waals surface area contributed by atoms with Crippen molar-refractivity contribution in [2.24, 2.45) is 5.73 Å². The number of para-hydroxylation sites is 1. The first kappa shape index (κ1) is 21.3. The lowest BCUT2D eigenvalue weighted by molar-refractivity contribution is -0.122. The average Bonchev–Trinajstić information content (AvgIpc) is 3.43. The highest BCUT2D eigenvalue weighted by Gasteiger charge is 2.39. The summed E-state index contributed by atoms with van der Waals surface area (Å²) in [5.41, 5.74) is 6.31. The van der Waals surface area contributed by atoms with E-state index < -0.39 is 24.3 Å². The number of amides is 3. The second-order valence-corrected chi connectivity index (χ2v) is 9.17. The summed E-state index contributed by atoms with van der Waals surface area (Å²) >= 11 is 7.31. The number of thiophene rings is 1. The number of hydrogen-bond donors (Lipinski definition) is 2. The van der Waals surface area contributed by atoms with Crippen LogP contribution in [0, 0.1) is 0 Å². The highest BCUT2D eigenvalue weighted by molar-refractivity contribution is 7.16. The molecule has 7 nitrogen and oxygen atoms in total. The number of primary amides is 1. The molecule has 2 aromatic heterocycles. The number of rotatable bonds is 5. The van der Waals surface area contributed by atoms with Crippen LogP contribution in [0.2, 0.25) is 4.34 Å². The van der Waals surface area contributed by atoms with Crippen molar-refractivity contribution in [1.82, 2.24) is 9.47 Å². The van der Waals surface area contributed by atoms with Gasteiger partial charge in [-0.1, -0.05) is 29.8 Å². The van der Waals surface area contributed by atoms with Gasteiger partial charge in [-0.15, -0.1) is 11.3 Å². The molecule has 0 radical (unpaired) electrons. The number of nitrogens with zero attached hydrogens (tertiary/aromatic N) is 2. The summed E-state index contributed by atoms with van der Waals surface area (Å²) in [6.45, 7) is -0.165. The van der Waals surface area contributed by atoms with E-state index in [4.69, 9.17) is 17.3 Å². The van der Waals surface area contributed by atoms with Crippen LogP contribution in [0.1, 0.15) is 17.7 Å². The van der Waals surface area contributed by atoms with Crippen molar-refractivity contribution < 1.29 is 18.8 Å². The Kier molecular flexibility index (Phi) is 5.97. The predicted molar refractivity (Wildman–Crippen MR) is 119 cm³/mol. The Morgan fingerprint density at radius 1 is 1.23 bits per heavy atom. The molecule has 1 aliphatic heterocycles. The molecule has 0 aliphatic carbocycles. The van der Waals surface area contributed by atoms with E-state index in [9.17, 15) is 18.8 Å². The lowest BCUT2D eigenvalue weighted by Crippen LogP contribution is -2.43. The van der Waals surface area contributed by atoms with Crippen molar-refractivity contribution in [1.29, 1.82) is 0 Å². The molecule has 31 heavy (non-hydrogen) atoms. The van der Waals surface area contributed by atoms with E-state index in [1.807, 2.05) is 6.07 Å². The third kappa shape index (κ3) is 4.42. The largest absolute Gasteiger partial charge is 0.351 e. The van der Waals surface area contributed by atoms with Gasteiger partial charge in [-0.3, -0.25) is 9.36 Å². The minimum Gasteiger partial charge on any atom is -0.351 e. The van der Waals surface area contributed by atoms with Crippen molar-refractivity contribution in [3.8, 4) is 0 Å². The fraction of sp³-hybridized carbons (Fsp3) is 0.286. The van der Waals surface area contributed by atoms with Crippen LogP contribution in [0.4, 0.5) is 19.7 Å². The maximum atomic E-state index is 14.2. The second-order valence-electron chi connectivity index (χ2n) is 7.37. The number of aryl methyl sites for hydroxylation is 1. The third-order valence-corrected chi connectivity index (χ3v) is 6.61. The van der Waals surface area contributed by atoms with Gasteiger partial charge >= 0.3 is 12.1 Å². The number of hydrogen-bond acceptors (Lipinski definition) is 4. The van der Waals surface area contributed by atoms with E-state index in [0.29, 0.717) is 27.3 Å². The van der Waals surface area contributed by atoms with Gasteiger partial charge in [-0.25, -0.2) is 14.0 Å². The molecule has 1 saturated heterocycles. The van der Waals surface area contributed by atoms with Gasteiger partial charge in [-0.05, 0) is 24.6 Å². The minimum atomic E-state index is -1.28. The summed E-state index contributed by atoms with van der Waals surface area (Å²) in [7, 11) is 0. The van der Waals surface area contributed by atoms with Crippen LogP contribution in [0.15, 0.2) is 42.6 Å². The van der Waals surface area contributed by atoms with Crippen LogP contribution in [-0.4, -0.2) is 46.1 Å². The molecule has 2 atom stereocenters. The molecule has 1 aromatic carbocycles. The third-order valence-electron chi connectivity index (χ3n) is 5.32. The number of benzene rings is 1. The zero-order valence-electron chi connectivity index (χ0n) is 16.4. The molecule has 0 bridgehead atoms. The Balaban J connectivity index is 1.50. The van der Waals surface area contributed by atoms with Crippen LogP contribution in [0.25, 0.3) is 10.9 Å². The fourth-order valence-corrected chi connectivity index (χ4v) is 4.95. The van der Waals surface area contributed by atoms with Crippen molar-refractivity contribution in [3.05, 3.63) is 51.8 Å². The molecule has 0 saturated carbocycles. The Morgan fingerprint density at radius 3 is 2.71 bits per heavy atom. The first-order valence-corrected chi connectivity index (χ1v) is 10.9. The second kappa shape index (κ2) is 8.68. The number of alkyl halides is 1. The number of Topliss-reactive ketones (excluding diaryl/α,β-unsaturated/α-hetero) is 1. The Bertz CT molecular complexity index is 1160. The molecule has 3 aromatic rings. The molecule has 0 spiro atoms. The van der Waals surface area contributed by atoms with Crippen LogP contribution in [0.3, 0.4) is 0 Å². The monoisotopic (exact) mass is 462 g/mol. The van der Waals surface area contributed by atoms with Crippen molar-refractivity contribution >= 4 is 57.4 Å². The lowest BCUT2D eigenvalue weighted by Gasteiger charge is -2.23. The van der Waals surface area contributed by atoms with Gasteiger partial charge in [0.05, 0.1) is 28.1 Å². The average molecular weight is 463 g/mol. The molecule has 0 unspecified atom stereocenters. The summed E-state index contributed by atoms with van der Waals surface area (Å²) in [6.07, 6.45) is 0.804. The molecule has 3 N–H and O–H groups in total. The fourth-order valence-electron chi connectivity index (χ4n) is 3.86. The number of carbonyl (C=O) groups is 3. The number of carbonyl (C=O) groups excluding carboxylic acids is 3. The van der Waals surface area contributed by atoms with Gasteiger partial charge in [0.2, 0.25) is 0 Å². The molecular formula is C21H20ClFN4O3S. The highest BCUT2D eigenvalue weighted by atomic mass is 35.5. The first-order chi connectivity index (χ1) is 14.8. The molecule has 1 fully saturated rings. The molecule has 4 rings (SSSR count). The van der Waals surface area contributed by atoms with Crippen molar-refractivity contribution in [2.75, 3.05) is 11.9 Å². The van der Waals surface area contributed by atoms with Crippen LogP contribution < -0.4 is 11.1 Å². The molecule has 162 valence electrons. The predicted octanol–water partition coefficient (Wildman–Crippen LogP) is 4.43. The zero-order valence-corrected chi connectivity index (χ0v) is 18.0. The van der Waals surface area contributed by atoms with Gasteiger partial charge in [0.25, 0.3) is 0 Å². The van der Waals surface area contributed by atoms with Crippen LogP contribution >= 0.6 is 22.9 Å². The van der Waals surface area contributed by atoms with Crippen molar-refractivity contribution in [3.63, 3.8) is 0 Å². The van der Waals surface area contributed by atoms with Gasteiger partial charge in [0.15, 0.2) is 5.78 Å². The normalized spacial score (nSPS) is 18.5. The number of likely N-dealkylation sites (tertiary alicyclic amines) is 1. The summed E-state index contributed by atoms with van der Waals surface area (Å²) < 4.78 is 16.0. The van der Waals surface area contributed by atoms with Crippen LogP contribution in [0.5, 0.6) is 0 Å². The molecular weight excluding hydrogens is 443 g/mol. The number of anilines is 1. The first-order valence-electron chi connectivity index (χ1n) is 9.72. The summed E-state index contributed by atoms with van der Waals surface area (Å²) in [5, 5.41) is 3.32. The molecule has 1 aliphatic rings. The Hall–Kier alpha value is -2.91. The smallest absolute Gasteiger partial charge is 0.323 e. The Labute approximate surface area is 186 Å². The van der Waals surface area contributed by atoms with Gasteiger partial charge in [0.1, 0.15) is 6.17 Å². The van der Waals surface area contributed by atoms with E-state index in [1.165, 1.54) is 27.0 Å². The van der Waals surface area contributed by atoms with E-state index >= 15 is 0 Å². The van der Waals surface area contributed by atoms with Gasteiger partial charge in [-0.2, -0.15) is 0 Å². The van der Waals surface area contributed by atoms with E-state index in [2.05, 4.69) is 5.32 Å². The quantitative estimate of drug-likeness (QED) is 0.586. The number of ketones is 1. The number of fused-ring (bicyclic) bond motifs is 1.